The SMILES string of the molecule is N=C1c2ccoc2NC(c2cccc(S(N)(=O)=O)c2)N1c1ccc(-c2ccc(C(F)(F)F)cc2C(F)(F)F)cc1. The van der Waals surface area contributed by atoms with Gasteiger partial charge in [-0.2, -0.15) is 26.3 Å². The van der Waals surface area contributed by atoms with Crippen LogP contribution in [0.5, 0.6) is 0 Å². The average molecular weight is 581 g/mol. The molecule has 1 aromatic heterocycles. The van der Waals surface area contributed by atoms with Gasteiger partial charge in [0.15, 0.2) is 0 Å². The van der Waals surface area contributed by atoms with Gasteiger partial charge in [0, 0.05) is 5.69 Å². The summed E-state index contributed by atoms with van der Waals surface area (Å²) < 4.78 is 110. The molecule has 0 saturated heterocycles. The quantitative estimate of drug-likeness (QED) is 0.236. The van der Waals surface area contributed by atoms with Crippen LogP contribution in [0.15, 0.2) is 88.4 Å². The minimum atomic E-state index is -5.05. The number of fused-ring (bicyclic) bond motifs is 1. The average Bonchev–Trinajstić information content (AvgIpc) is 3.36. The number of nitrogens with one attached hydrogen (secondary N) is 2. The fourth-order valence-corrected chi connectivity index (χ4v) is 5.00. The van der Waals surface area contributed by atoms with E-state index in [9.17, 15) is 34.8 Å². The zero-order valence-corrected chi connectivity index (χ0v) is 20.8. The van der Waals surface area contributed by atoms with Crippen molar-refractivity contribution in [3.05, 3.63) is 101 Å². The lowest BCUT2D eigenvalue weighted by Crippen LogP contribution is -2.42. The Kier molecular flexibility index (Phi) is 6.42. The maximum atomic E-state index is 13.7. The third kappa shape index (κ3) is 5.02. The highest BCUT2D eigenvalue weighted by atomic mass is 32.2. The van der Waals surface area contributed by atoms with E-state index in [2.05, 4.69) is 5.32 Å². The summed E-state index contributed by atoms with van der Waals surface area (Å²) in [4.78, 5) is 1.28. The summed E-state index contributed by atoms with van der Waals surface area (Å²) in [5.41, 5.74) is -2.25. The van der Waals surface area contributed by atoms with Crippen molar-refractivity contribution in [3.63, 3.8) is 0 Å². The molecule has 0 saturated carbocycles. The Labute approximate surface area is 223 Å². The van der Waals surface area contributed by atoms with Gasteiger partial charge in [0.05, 0.1) is 27.8 Å². The number of halogens is 6. The van der Waals surface area contributed by atoms with Gasteiger partial charge in [-0.3, -0.25) is 5.41 Å². The Morgan fingerprint density at radius 1 is 0.875 bits per heavy atom. The minimum Gasteiger partial charge on any atom is -0.448 e. The summed E-state index contributed by atoms with van der Waals surface area (Å²) in [6.07, 6.45) is -9.55. The number of sulfonamides is 1. The number of hydrogen-bond donors (Lipinski definition) is 3. The van der Waals surface area contributed by atoms with Crippen molar-refractivity contribution in [3.8, 4) is 11.1 Å². The Balaban J connectivity index is 1.58. The predicted octanol–water partition coefficient (Wildman–Crippen LogP) is 6.59. The number of amidine groups is 1. The summed E-state index contributed by atoms with van der Waals surface area (Å²) in [5, 5.41) is 17.1. The number of hydrogen-bond acceptors (Lipinski definition) is 5. The molecule has 1 unspecified atom stereocenters. The number of nitrogens with zero attached hydrogens (tertiary/aromatic N) is 1. The van der Waals surface area contributed by atoms with Crippen molar-refractivity contribution >= 4 is 27.4 Å². The maximum absolute atomic E-state index is 13.7. The van der Waals surface area contributed by atoms with Crippen LogP contribution in [-0.2, 0) is 22.4 Å². The van der Waals surface area contributed by atoms with E-state index in [4.69, 9.17) is 15.0 Å². The molecule has 14 heteroatoms. The Hall–Kier alpha value is -4.30. The fourth-order valence-electron chi connectivity index (χ4n) is 4.44. The van der Waals surface area contributed by atoms with Crippen LogP contribution < -0.4 is 15.4 Å². The highest BCUT2D eigenvalue weighted by Gasteiger charge is 2.39. The highest BCUT2D eigenvalue weighted by molar-refractivity contribution is 7.89. The van der Waals surface area contributed by atoms with Gasteiger partial charge in [0.2, 0.25) is 15.9 Å². The number of alkyl halides is 6. The monoisotopic (exact) mass is 580 g/mol. The molecule has 208 valence electrons. The number of benzene rings is 3. The van der Waals surface area contributed by atoms with Crippen LogP contribution in [0.25, 0.3) is 11.1 Å². The van der Waals surface area contributed by atoms with E-state index in [1.54, 1.807) is 6.07 Å². The van der Waals surface area contributed by atoms with Crippen LogP contribution in [-0.4, -0.2) is 14.3 Å². The van der Waals surface area contributed by atoms with E-state index < -0.39 is 45.2 Å². The van der Waals surface area contributed by atoms with Gasteiger partial charge in [-0.1, -0.05) is 30.3 Å². The molecule has 0 spiro atoms. The van der Waals surface area contributed by atoms with E-state index in [1.807, 2.05) is 0 Å². The second-order valence-corrected chi connectivity index (χ2v) is 10.4. The first-order valence-corrected chi connectivity index (χ1v) is 12.9. The number of anilines is 2. The molecular weight excluding hydrogens is 562 g/mol. The molecule has 1 atom stereocenters. The van der Waals surface area contributed by atoms with Gasteiger partial charge in [-0.15, -0.1) is 0 Å². The first kappa shape index (κ1) is 27.3. The normalized spacial score (nSPS) is 16.0. The Bertz CT molecular complexity index is 1710. The summed E-state index contributed by atoms with van der Waals surface area (Å²) >= 11 is 0. The number of furan rings is 1. The van der Waals surface area contributed by atoms with Crippen LogP contribution in [0.1, 0.15) is 28.4 Å². The highest BCUT2D eigenvalue weighted by Crippen LogP contribution is 2.42. The number of primary sulfonamides is 1. The largest absolute Gasteiger partial charge is 0.448 e. The Morgan fingerprint density at radius 2 is 1.57 bits per heavy atom. The molecule has 1 aliphatic rings. The van der Waals surface area contributed by atoms with Crippen LogP contribution >= 0.6 is 0 Å². The van der Waals surface area contributed by atoms with Crippen molar-refractivity contribution < 1.29 is 39.2 Å². The topological polar surface area (TPSA) is 112 Å². The lowest BCUT2D eigenvalue weighted by molar-refractivity contribution is -0.142. The molecule has 5 rings (SSSR count). The molecular formula is C26H18F6N4O3S. The summed E-state index contributed by atoms with van der Waals surface area (Å²) in [7, 11) is -4.06. The van der Waals surface area contributed by atoms with Crippen molar-refractivity contribution in [2.75, 3.05) is 10.2 Å². The van der Waals surface area contributed by atoms with E-state index >= 15 is 0 Å². The Morgan fingerprint density at radius 3 is 2.20 bits per heavy atom. The summed E-state index contributed by atoms with van der Waals surface area (Å²) in [6.45, 7) is 0. The minimum absolute atomic E-state index is 0.00179. The van der Waals surface area contributed by atoms with Crippen LogP contribution in [0.3, 0.4) is 0 Å². The fraction of sp³-hybridized carbons (Fsp3) is 0.115. The lowest BCUT2D eigenvalue weighted by Gasteiger charge is -2.38. The smallest absolute Gasteiger partial charge is 0.417 e. The van der Waals surface area contributed by atoms with E-state index in [0.717, 1.165) is 6.07 Å². The summed E-state index contributed by atoms with van der Waals surface area (Å²) in [5.74, 6) is 0.176. The van der Waals surface area contributed by atoms with Gasteiger partial charge < -0.3 is 14.6 Å². The molecule has 1 aliphatic heterocycles. The molecule has 0 aliphatic carbocycles. The molecule has 2 heterocycles. The molecule has 0 bridgehead atoms. The molecule has 4 aromatic rings. The second-order valence-electron chi connectivity index (χ2n) is 8.85. The van der Waals surface area contributed by atoms with Gasteiger partial charge >= 0.3 is 12.4 Å². The number of rotatable bonds is 4. The van der Waals surface area contributed by atoms with Crippen molar-refractivity contribution in [1.29, 1.82) is 5.41 Å². The molecule has 7 nitrogen and oxygen atoms in total. The molecule has 4 N–H and O–H groups in total. The van der Waals surface area contributed by atoms with E-state index in [1.165, 1.54) is 59.7 Å². The van der Waals surface area contributed by atoms with Gasteiger partial charge in [-0.25, -0.2) is 13.6 Å². The van der Waals surface area contributed by atoms with Crippen molar-refractivity contribution in [2.45, 2.75) is 23.4 Å². The lowest BCUT2D eigenvalue weighted by atomic mass is 9.96. The third-order valence-electron chi connectivity index (χ3n) is 6.30. The first-order chi connectivity index (χ1) is 18.6. The van der Waals surface area contributed by atoms with E-state index in [0.29, 0.717) is 22.9 Å². The molecule has 0 amide bonds. The van der Waals surface area contributed by atoms with Crippen LogP contribution in [0.4, 0.5) is 37.9 Å². The predicted molar refractivity (Wildman–Crippen MR) is 134 cm³/mol. The van der Waals surface area contributed by atoms with Crippen molar-refractivity contribution in [1.82, 2.24) is 0 Å². The van der Waals surface area contributed by atoms with Crippen molar-refractivity contribution in [2.24, 2.45) is 5.14 Å². The van der Waals surface area contributed by atoms with Gasteiger partial charge in [0.25, 0.3) is 0 Å². The summed E-state index contributed by atoms with van der Waals surface area (Å²) in [6, 6.07) is 14.0. The van der Waals surface area contributed by atoms with Crippen LogP contribution in [0, 0.1) is 5.41 Å². The molecule has 3 aromatic carbocycles. The molecule has 40 heavy (non-hydrogen) atoms. The molecule has 0 radical (unpaired) electrons. The first-order valence-electron chi connectivity index (χ1n) is 11.4. The zero-order chi connectivity index (χ0) is 29.0. The van der Waals surface area contributed by atoms with Gasteiger partial charge in [0.1, 0.15) is 12.0 Å². The standard InChI is InChI=1S/C26H18F6N4O3S/c27-25(28,29)16-6-9-19(21(13-16)26(30,31)32)14-4-7-17(8-5-14)36-22(33)20-10-11-39-24(20)35-23(36)15-2-1-3-18(12-15)40(34,37)38/h1-13,23,33,35H,(H2,34,37,38). The van der Waals surface area contributed by atoms with Crippen LogP contribution in [0.2, 0.25) is 0 Å². The molecule has 0 fully saturated rings. The zero-order valence-electron chi connectivity index (χ0n) is 20.0. The third-order valence-corrected chi connectivity index (χ3v) is 7.21. The number of nitrogens with two attached hydrogens (primary N) is 1. The second kappa shape index (κ2) is 9.41. The maximum Gasteiger partial charge on any atom is 0.417 e. The van der Waals surface area contributed by atoms with Gasteiger partial charge in [-0.05, 0) is 59.2 Å². The van der Waals surface area contributed by atoms with E-state index in [-0.39, 0.29) is 28.2 Å².